The number of halogens is 4. The number of hydrogen-bond acceptors (Lipinski definition) is 1. The van der Waals surface area contributed by atoms with Gasteiger partial charge in [0.25, 0.3) is 0 Å². The molecule has 19 heavy (non-hydrogen) atoms. The quantitative estimate of drug-likeness (QED) is 0.884. The van der Waals surface area contributed by atoms with Crippen LogP contribution in [0.5, 0.6) is 0 Å². The average molecular weight is 293 g/mol. The highest BCUT2D eigenvalue weighted by atomic mass is 35.5. The molecule has 0 bridgehead atoms. The summed E-state index contributed by atoms with van der Waals surface area (Å²) in [5.41, 5.74) is -2.73. The Morgan fingerprint density at radius 3 is 2.32 bits per heavy atom. The molecule has 0 radical (unpaired) electrons. The summed E-state index contributed by atoms with van der Waals surface area (Å²) in [6.07, 6.45) is -3.04. The lowest BCUT2D eigenvalue weighted by molar-refractivity contribution is -0.146. The molecule has 1 aliphatic carbocycles. The van der Waals surface area contributed by atoms with Gasteiger partial charge in [0.2, 0.25) is 0 Å². The highest BCUT2D eigenvalue weighted by Gasteiger charge is 2.49. The van der Waals surface area contributed by atoms with Gasteiger partial charge in [0, 0.05) is 10.6 Å². The molecule has 0 aliphatic heterocycles. The Hall–Kier alpha value is -1.23. The van der Waals surface area contributed by atoms with E-state index in [-0.39, 0.29) is 23.4 Å². The molecule has 1 aromatic carbocycles. The Kier molecular flexibility index (Phi) is 3.51. The van der Waals surface area contributed by atoms with E-state index < -0.39 is 23.1 Å². The van der Waals surface area contributed by atoms with Crippen molar-refractivity contribution in [3.05, 3.63) is 34.3 Å². The summed E-state index contributed by atoms with van der Waals surface area (Å²) in [5.74, 6) is -1.23. The lowest BCUT2D eigenvalue weighted by atomic mass is 9.76. The molecule has 0 heterocycles. The van der Waals surface area contributed by atoms with Gasteiger partial charge in [-0.1, -0.05) is 30.5 Å². The van der Waals surface area contributed by atoms with Crippen molar-refractivity contribution in [3.63, 3.8) is 0 Å². The Morgan fingerprint density at radius 1 is 1.26 bits per heavy atom. The van der Waals surface area contributed by atoms with Gasteiger partial charge in [-0.2, -0.15) is 13.2 Å². The topological polar surface area (TPSA) is 37.3 Å². The maximum absolute atomic E-state index is 13.1. The monoisotopic (exact) mass is 292 g/mol. The summed E-state index contributed by atoms with van der Waals surface area (Å²) in [7, 11) is 0. The molecule has 0 spiro atoms. The number of carboxylic acids is 1. The predicted molar refractivity (Wildman–Crippen MR) is 64.2 cm³/mol. The third-order valence-corrected chi connectivity index (χ3v) is 3.98. The first-order valence-electron chi connectivity index (χ1n) is 5.88. The molecule has 6 heteroatoms. The van der Waals surface area contributed by atoms with Crippen LogP contribution in [-0.4, -0.2) is 11.1 Å². The minimum absolute atomic E-state index is 0.126. The fraction of sp³-hybridized carbons (Fsp3) is 0.462. The van der Waals surface area contributed by atoms with E-state index in [1.54, 1.807) is 0 Å². The molecule has 1 saturated carbocycles. The van der Waals surface area contributed by atoms with E-state index in [0.29, 0.717) is 12.8 Å². The number of hydrogen-bond donors (Lipinski definition) is 1. The van der Waals surface area contributed by atoms with Crippen LogP contribution in [0, 0.1) is 0 Å². The summed E-state index contributed by atoms with van der Waals surface area (Å²) in [5, 5.41) is 9.28. The van der Waals surface area contributed by atoms with E-state index in [9.17, 15) is 23.1 Å². The van der Waals surface area contributed by atoms with Crippen molar-refractivity contribution in [1.29, 1.82) is 0 Å². The van der Waals surface area contributed by atoms with Crippen LogP contribution in [0.15, 0.2) is 18.2 Å². The zero-order chi connectivity index (χ0) is 14.3. The van der Waals surface area contributed by atoms with E-state index in [1.807, 2.05) is 0 Å². The summed E-state index contributed by atoms with van der Waals surface area (Å²) in [6, 6.07) is 3.40. The number of benzene rings is 1. The molecule has 2 rings (SSSR count). The molecule has 1 fully saturated rings. The van der Waals surface area contributed by atoms with E-state index in [1.165, 1.54) is 12.1 Å². The summed E-state index contributed by atoms with van der Waals surface area (Å²) >= 11 is 5.89. The molecule has 0 saturated heterocycles. The first-order chi connectivity index (χ1) is 8.79. The van der Waals surface area contributed by atoms with Gasteiger partial charge >= 0.3 is 12.1 Å². The van der Waals surface area contributed by atoms with Crippen molar-refractivity contribution in [2.75, 3.05) is 0 Å². The molecule has 1 aliphatic rings. The van der Waals surface area contributed by atoms with Crippen LogP contribution >= 0.6 is 11.6 Å². The SMILES string of the molecule is O=C(O)C1(c2c(Cl)cccc2C(F)(F)F)CCCC1. The maximum atomic E-state index is 13.1. The Labute approximate surface area is 113 Å². The summed E-state index contributed by atoms with van der Waals surface area (Å²) in [6.45, 7) is 0. The Morgan fingerprint density at radius 2 is 1.84 bits per heavy atom. The minimum Gasteiger partial charge on any atom is -0.481 e. The van der Waals surface area contributed by atoms with Crippen molar-refractivity contribution >= 4 is 17.6 Å². The van der Waals surface area contributed by atoms with Gasteiger partial charge in [-0.05, 0) is 25.0 Å². The molecule has 0 aromatic heterocycles. The molecule has 1 aromatic rings. The van der Waals surface area contributed by atoms with Gasteiger partial charge in [0.15, 0.2) is 0 Å². The van der Waals surface area contributed by atoms with Crippen molar-refractivity contribution in [1.82, 2.24) is 0 Å². The number of aliphatic carboxylic acids is 1. The second-order valence-electron chi connectivity index (χ2n) is 4.75. The molecule has 0 unspecified atom stereocenters. The largest absolute Gasteiger partial charge is 0.481 e. The van der Waals surface area contributed by atoms with Crippen LogP contribution in [0.1, 0.15) is 36.8 Å². The first-order valence-corrected chi connectivity index (χ1v) is 6.26. The van der Waals surface area contributed by atoms with Crippen LogP contribution < -0.4 is 0 Å². The standard InChI is InChI=1S/C13H12ClF3O2/c14-9-5-3-4-8(13(15,16)17)10(9)12(11(18)19)6-1-2-7-12/h3-5H,1-2,6-7H2,(H,18,19). The number of carboxylic acid groups (broad SMARTS) is 1. The average Bonchev–Trinajstić information content (AvgIpc) is 2.77. The Bertz CT molecular complexity index is 505. The van der Waals surface area contributed by atoms with Gasteiger partial charge in [0.1, 0.15) is 0 Å². The molecule has 1 N–H and O–H groups in total. The predicted octanol–water partition coefficient (Wildman–Crippen LogP) is 4.26. The second kappa shape index (κ2) is 4.71. The third kappa shape index (κ3) is 2.31. The van der Waals surface area contributed by atoms with Gasteiger partial charge in [-0.3, -0.25) is 4.79 Å². The normalized spacial score (nSPS) is 18.5. The molecule has 0 atom stereocenters. The minimum atomic E-state index is -4.61. The van der Waals surface area contributed by atoms with Gasteiger partial charge in [-0.25, -0.2) is 0 Å². The van der Waals surface area contributed by atoms with Crippen LogP contribution in [0.25, 0.3) is 0 Å². The van der Waals surface area contributed by atoms with Crippen molar-refractivity contribution < 1.29 is 23.1 Å². The zero-order valence-corrected chi connectivity index (χ0v) is 10.7. The molecule has 2 nitrogen and oxygen atoms in total. The van der Waals surface area contributed by atoms with Crippen LogP contribution in [0.3, 0.4) is 0 Å². The van der Waals surface area contributed by atoms with E-state index in [0.717, 1.165) is 6.07 Å². The van der Waals surface area contributed by atoms with Crippen molar-refractivity contribution in [2.24, 2.45) is 0 Å². The zero-order valence-electron chi connectivity index (χ0n) is 9.93. The molecule has 104 valence electrons. The first kappa shape index (κ1) is 14.2. The molecule has 0 amide bonds. The Balaban J connectivity index is 2.70. The summed E-state index contributed by atoms with van der Waals surface area (Å²) < 4.78 is 39.2. The second-order valence-corrected chi connectivity index (χ2v) is 5.16. The van der Waals surface area contributed by atoms with Crippen molar-refractivity contribution in [2.45, 2.75) is 37.3 Å². The van der Waals surface area contributed by atoms with Gasteiger partial charge in [0.05, 0.1) is 11.0 Å². The lowest BCUT2D eigenvalue weighted by Gasteiger charge is -2.28. The highest BCUT2D eigenvalue weighted by molar-refractivity contribution is 6.32. The fourth-order valence-electron chi connectivity index (χ4n) is 2.80. The third-order valence-electron chi connectivity index (χ3n) is 3.66. The smallest absolute Gasteiger partial charge is 0.416 e. The van der Waals surface area contributed by atoms with Gasteiger partial charge < -0.3 is 5.11 Å². The number of carbonyl (C=O) groups is 1. The summed E-state index contributed by atoms with van der Waals surface area (Å²) in [4.78, 5) is 11.5. The van der Waals surface area contributed by atoms with Crippen molar-refractivity contribution in [3.8, 4) is 0 Å². The molecular weight excluding hydrogens is 281 g/mol. The highest BCUT2D eigenvalue weighted by Crippen LogP contribution is 2.48. The van der Waals surface area contributed by atoms with Crippen LogP contribution in [0.4, 0.5) is 13.2 Å². The number of rotatable bonds is 2. The van der Waals surface area contributed by atoms with E-state index in [2.05, 4.69) is 0 Å². The van der Waals surface area contributed by atoms with E-state index in [4.69, 9.17) is 11.6 Å². The molecular formula is C13H12ClF3O2. The van der Waals surface area contributed by atoms with Crippen LogP contribution in [0.2, 0.25) is 5.02 Å². The lowest BCUT2D eigenvalue weighted by Crippen LogP contribution is -2.35. The van der Waals surface area contributed by atoms with Crippen LogP contribution in [-0.2, 0) is 16.4 Å². The maximum Gasteiger partial charge on any atom is 0.416 e. The number of alkyl halides is 3. The van der Waals surface area contributed by atoms with Gasteiger partial charge in [-0.15, -0.1) is 0 Å². The fourth-order valence-corrected chi connectivity index (χ4v) is 3.15. The van der Waals surface area contributed by atoms with E-state index >= 15 is 0 Å².